The van der Waals surface area contributed by atoms with E-state index in [9.17, 15) is 10.1 Å². The summed E-state index contributed by atoms with van der Waals surface area (Å²) in [6.45, 7) is 7.29. The van der Waals surface area contributed by atoms with Crippen LogP contribution in [-0.4, -0.2) is 64.5 Å². The molecule has 2 aromatic rings. The third-order valence-electron chi connectivity index (χ3n) is 9.93. The van der Waals surface area contributed by atoms with Gasteiger partial charge in [0.25, 0.3) is 0 Å². The Labute approximate surface area is 264 Å². The van der Waals surface area contributed by atoms with Crippen LogP contribution in [-0.2, 0) is 11.3 Å². The summed E-state index contributed by atoms with van der Waals surface area (Å²) in [5.41, 5.74) is 0.904. The number of hydrogen-bond donors (Lipinski definition) is 3. The molecule has 1 amide bonds. The highest BCUT2D eigenvalue weighted by molar-refractivity contribution is 6.31. The molecule has 3 N–H and O–H groups in total. The summed E-state index contributed by atoms with van der Waals surface area (Å²) < 4.78 is 20.9. The lowest BCUT2D eigenvalue weighted by atomic mass is 9.48. The standard InChI is InChI=1S/C33H43ClFN7O2/c1-32(2,3)44-31(43)42-9-8-27(26(35)18-42)40-28-22-10-20-11-23(28)14-33(12-20,13-22)19-39-29-24(15-36)17-38-30(41-29)37-16-21-6-4-5-7-25(21)34/h4-7,17,20,22-23,26-28,40H,8-14,16,18-19H2,1-3H3,(H2,37,38,39,41)/t20?,22-,23+,26?,27?,28-,33-. The van der Waals surface area contributed by atoms with Gasteiger partial charge in [-0.1, -0.05) is 29.8 Å². The van der Waals surface area contributed by atoms with Crippen molar-refractivity contribution in [1.29, 1.82) is 5.26 Å². The summed E-state index contributed by atoms with van der Waals surface area (Å²) >= 11 is 6.30. The Morgan fingerprint density at radius 2 is 1.95 bits per heavy atom. The van der Waals surface area contributed by atoms with Crippen molar-refractivity contribution >= 4 is 29.5 Å². The molecule has 9 nitrogen and oxygen atoms in total. The van der Waals surface area contributed by atoms with Gasteiger partial charge in [-0.15, -0.1) is 0 Å². The zero-order valence-corrected chi connectivity index (χ0v) is 26.5. The van der Waals surface area contributed by atoms with E-state index in [4.69, 9.17) is 16.3 Å². The lowest BCUT2D eigenvalue weighted by Crippen LogP contribution is -2.63. The van der Waals surface area contributed by atoms with Gasteiger partial charge in [0.2, 0.25) is 5.95 Å². The second-order valence-electron chi connectivity index (χ2n) is 14.4. The van der Waals surface area contributed by atoms with E-state index in [1.807, 2.05) is 45.0 Å². The van der Waals surface area contributed by atoms with Crippen LogP contribution in [0.4, 0.5) is 21.0 Å². The van der Waals surface area contributed by atoms with E-state index in [0.29, 0.717) is 65.7 Å². The molecule has 7 atom stereocenters. The summed E-state index contributed by atoms with van der Waals surface area (Å²) in [5, 5.41) is 20.9. The van der Waals surface area contributed by atoms with Crippen LogP contribution in [0.3, 0.4) is 0 Å². The molecule has 0 radical (unpaired) electrons. The van der Waals surface area contributed by atoms with Crippen molar-refractivity contribution in [3.05, 3.63) is 46.6 Å². The average Bonchev–Trinajstić information content (AvgIpc) is 2.97. The first-order chi connectivity index (χ1) is 21.0. The van der Waals surface area contributed by atoms with Crippen molar-refractivity contribution in [3.63, 3.8) is 0 Å². The number of halogens is 2. The number of likely N-dealkylation sites (tertiary alicyclic amines) is 1. The maximum Gasteiger partial charge on any atom is 0.410 e. The van der Waals surface area contributed by atoms with Crippen LogP contribution < -0.4 is 16.0 Å². The molecular formula is C33H43ClFN7O2. The molecule has 44 heavy (non-hydrogen) atoms. The highest BCUT2D eigenvalue weighted by Gasteiger charge is 2.55. The van der Waals surface area contributed by atoms with Crippen LogP contribution in [0.5, 0.6) is 0 Å². The predicted molar refractivity (Wildman–Crippen MR) is 168 cm³/mol. The molecule has 7 rings (SSSR count). The van der Waals surface area contributed by atoms with Gasteiger partial charge >= 0.3 is 6.09 Å². The van der Waals surface area contributed by atoms with Crippen LogP contribution >= 0.6 is 11.6 Å². The van der Waals surface area contributed by atoms with Gasteiger partial charge in [-0.05, 0) is 94.1 Å². The SMILES string of the molecule is CC(C)(C)OC(=O)N1CCC(N[C@@H]2[C@@H]3CC4C[C@H]2C[C@@](CNc2nc(NCc5ccccc5Cl)ncc2C#N)(C4)C3)C(F)C1. The fourth-order valence-corrected chi connectivity index (χ4v) is 8.49. The molecule has 1 aliphatic heterocycles. The first-order valence-electron chi connectivity index (χ1n) is 15.9. The van der Waals surface area contributed by atoms with Gasteiger partial charge in [-0.3, -0.25) is 0 Å². The van der Waals surface area contributed by atoms with Gasteiger partial charge in [0.05, 0.1) is 12.7 Å². The first-order valence-corrected chi connectivity index (χ1v) is 16.2. The van der Waals surface area contributed by atoms with Crippen LogP contribution in [0.2, 0.25) is 5.02 Å². The van der Waals surface area contributed by atoms with Crippen molar-refractivity contribution < 1.29 is 13.9 Å². The topological polar surface area (TPSA) is 115 Å². The Morgan fingerprint density at radius 1 is 1.20 bits per heavy atom. The smallest absolute Gasteiger partial charge is 0.410 e. The van der Waals surface area contributed by atoms with Gasteiger partial charge in [0.1, 0.15) is 29.2 Å². The molecule has 4 bridgehead atoms. The molecule has 5 fully saturated rings. The highest BCUT2D eigenvalue weighted by Crippen LogP contribution is 2.60. The summed E-state index contributed by atoms with van der Waals surface area (Å²) in [6, 6.07) is 9.91. The fourth-order valence-electron chi connectivity index (χ4n) is 8.28. The third kappa shape index (κ3) is 6.74. The normalized spacial score (nSPS) is 31.0. The second kappa shape index (κ2) is 12.3. The number of benzene rings is 1. The number of rotatable bonds is 8. The number of nitriles is 1. The largest absolute Gasteiger partial charge is 0.444 e. The van der Waals surface area contributed by atoms with Crippen molar-refractivity contribution in [2.24, 2.45) is 23.2 Å². The van der Waals surface area contributed by atoms with E-state index in [0.717, 1.165) is 24.9 Å². The lowest BCUT2D eigenvalue weighted by Gasteiger charge is -2.61. The quantitative estimate of drug-likeness (QED) is 0.320. The molecule has 1 saturated heterocycles. The summed E-state index contributed by atoms with van der Waals surface area (Å²) in [4.78, 5) is 23.0. The summed E-state index contributed by atoms with van der Waals surface area (Å²) in [7, 11) is 0. The minimum atomic E-state index is -1.12. The van der Waals surface area contributed by atoms with E-state index < -0.39 is 17.9 Å². The minimum absolute atomic E-state index is 0.0699. The van der Waals surface area contributed by atoms with Gasteiger partial charge in [0, 0.05) is 36.7 Å². The van der Waals surface area contributed by atoms with Crippen molar-refractivity contribution in [2.75, 3.05) is 30.3 Å². The highest BCUT2D eigenvalue weighted by atomic mass is 35.5. The Kier molecular flexibility index (Phi) is 8.64. The van der Waals surface area contributed by atoms with Crippen LogP contribution in [0, 0.1) is 34.5 Å². The van der Waals surface area contributed by atoms with E-state index in [2.05, 4.69) is 32.0 Å². The zero-order chi connectivity index (χ0) is 31.1. The monoisotopic (exact) mass is 623 g/mol. The number of anilines is 2. The second-order valence-corrected chi connectivity index (χ2v) is 14.8. The number of nitrogens with one attached hydrogen (secondary N) is 3. The minimum Gasteiger partial charge on any atom is -0.444 e. The van der Waals surface area contributed by atoms with Gasteiger partial charge < -0.3 is 25.6 Å². The maximum absolute atomic E-state index is 15.4. The van der Waals surface area contributed by atoms with Crippen LogP contribution in [0.1, 0.15) is 70.4 Å². The average molecular weight is 624 g/mol. The first kappa shape index (κ1) is 30.8. The van der Waals surface area contributed by atoms with Crippen molar-refractivity contribution in [1.82, 2.24) is 20.2 Å². The Hall–Kier alpha value is -3.16. The van der Waals surface area contributed by atoms with E-state index in [1.54, 1.807) is 6.20 Å². The third-order valence-corrected chi connectivity index (χ3v) is 10.3. The molecule has 4 saturated carbocycles. The molecule has 236 valence electrons. The van der Waals surface area contributed by atoms with E-state index in [-0.39, 0.29) is 18.0 Å². The molecule has 4 aliphatic carbocycles. The molecule has 5 aliphatic rings. The number of aromatic nitrogens is 2. The van der Waals surface area contributed by atoms with Crippen molar-refractivity contribution in [2.45, 2.75) is 89.7 Å². The lowest BCUT2D eigenvalue weighted by molar-refractivity contribution is -0.0767. The summed E-state index contributed by atoms with van der Waals surface area (Å²) in [6.07, 6.45) is 6.26. The summed E-state index contributed by atoms with van der Waals surface area (Å²) in [5.74, 6) is 2.66. The number of carbonyl (C=O) groups is 1. The van der Waals surface area contributed by atoms with Crippen LogP contribution in [0.25, 0.3) is 0 Å². The van der Waals surface area contributed by atoms with Crippen LogP contribution in [0.15, 0.2) is 30.5 Å². The number of nitrogens with zero attached hydrogens (tertiary/aromatic N) is 4. The fraction of sp³-hybridized carbons (Fsp3) is 0.636. The molecule has 1 aromatic carbocycles. The predicted octanol–water partition coefficient (Wildman–Crippen LogP) is 6.16. The zero-order valence-electron chi connectivity index (χ0n) is 25.8. The Morgan fingerprint density at radius 3 is 2.64 bits per heavy atom. The van der Waals surface area contributed by atoms with Crippen molar-refractivity contribution in [3.8, 4) is 6.07 Å². The number of piperidine rings is 1. The van der Waals surface area contributed by atoms with Gasteiger partial charge in [-0.25, -0.2) is 14.2 Å². The number of amides is 1. The molecular weight excluding hydrogens is 581 g/mol. The number of alkyl halides is 1. The van der Waals surface area contributed by atoms with Gasteiger partial charge in [-0.2, -0.15) is 10.2 Å². The Balaban J connectivity index is 1.06. The van der Waals surface area contributed by atoms with E-state index >= 15 is 4.39 Å². The Bertz CT molecular complexity index is 1400. The van der Waals surface area contributed by atoms with Gasteiger partial charge in [0.15, 0.2) is 0 Å². The number of hydrogen-bond acceptors (Lipinski definition) is 8. The van der Waals surface area contributed by atoms with E-state index in [1.165, 1.54) is 24.2 Å². The maximum atomic E-state index is 15.4. The molecule has 0 spiro atoms. The molecule has 1 aromatic heterocycles. The molecule has 11 heteroatoms. The molecule has 2 heterocycles. The molecule has 3 unspecified atom stereocenters. The number of ether oxygens (including phenoxy) is 1. The number of carbonyl (C=O) groups excluding carboxylic acids is 1.